The van der Waals surface area contributed by atoms with E-state index in [1.807, 2.05) is 0 Å². The summed E-state index contributed by atoms with van der Waals surface area (Å²) in [7, 11) is 0. The quantitative estimate of drug-likeness (QED) is 0.237. The van der Waals surface area contributed by atoms with Crippen LogP contribution in [0.4, 0.5) is 0 Å². The van der Waals surface area contributed by atoms with Crippen molar-refractivity contribution in [2.24, 2.45) is 0 Å². The largest absolute Gasteiger partial charge is 0.463 e. The van der Waals surface area contributed by atoms with Gasteiger partial charge in [0.1, 0.15) is 16.8 Å². The molecule has 1 aliphatic heterocycles. The summed E-state index contributed by atoms with van der Waals surface area (Å²) < 4.78 is 20.7. The fourth-order valence-corrected chi connectivity index (χ4v) is 3.37. The van der Waals surface area contributed by atoms with Gasteiger partial charge in [0, 0.05) is 20.8 Å². The van der Waals surface area contributed by atoms with Crippen molar-refractivity contribution in [2.45, 2.75) is 47.1 Å². The van der Waals surface area contributed by atoms with Gasteiger partial charge in [-0.1, -0.05) is 22.6 Å². The predicted octanol–water partition coefficient (Wildman–Crippen LogP) is 1.38. The van der Waals surface area contributed by atoms with Crippen LogP contribution in [0.25, 0.3) is 0 Å². The third-order valence-electron chi connectivity index (χ3n) is 2.61. The van der Waals surface area contributed by atoms with Gasteiger partial charge in [-0.15, -0.1) is 0 Å². The topological polar surface area (TPSA) is 88.1 Å². The molecule has 0 aromatic carbocycles. The number of carbonyl (C=O) groups is 3. The molecule has 0 bridgehead atoms. The van der Waals surface area contributed by atoms with Gasteiger partial charge in [-0.05, 0) is 22.6 Å². The van der Waals surface area contributed by atoms with E-state index in [0.29, 0.717) is 0 Å². The molecule has 0 N–H and O–H groups in total. The zero-order valence-electron chi connectivity index (χ0n) is 11.7. The van der Waals surface area contributed by atoms with E-state index in [-0.39, 0.29) is 14.6 Å². The Morgan fingerprint density at radius 1 is 0.952 bits per heavy atom. The van der Waals surface area contributed by atoms with Crippen molar-refractivity contribution in [3.05, 3.63) is 0 Å². The zero-order valence-corrected chi connectivity index (χ0v) is 16.0. The summed E-state index contributed by atoms with van der Waals surface area (Å²) >= 11 is 4.14. The average Bonchev–Trinajstić information content (AvgIpc) is 2.35. The molecule has 0 saturated carbocycles. The molecule has 1 rings (SSSR count). The molecule has 1 aliphatic rings. The highest BCUT2D eigenvalue weighted by Gasteiger charge is 2.48. The Hall–Kier alpha value is -0.170. The number of hydrogen-bond donors (Lipinski definition) is 0. The fourth-order valence-electron chi connectivity index (χ4n) is 1.85. The smallest absolute Gasteiger partial charge is 0.303 e. The lowest BCUT2D eigenvalue weighted by molar-refractivity contribution is -0.199. The van der Waals surface area contributed by atoms with Crippen LogP contribution in [-0.2, 0) is 33.3 Å². The van der Waals surface area contributed by atoms with E-state index in [1.54, 1.807) is 0 Å². The van der Waals surface area contributed by atoms with Crippen LogP contribution >= 0.6 is 45.2 Å². The maximum absolute atomic E-state index is 11.3. The Kier molecular flexibility index (Phi) is 7.60. The van der Waals surface area contributed by atoms with E-state index in [0.717, 1.165) is 0 Å². The summed E-state index contributed by atoms with van der Waals surface area (Å²) in [6.07, 6.45) is -2.17. The third-order valence-corrected chi connectivity index (χ3v) is 6.42. The normalized spacial score (nSPS) is 32.1. The lowest BCUT2D eigenvalue weighted by Crippen LogP contribution is -2.58. The van der Waals surface area contributed by atoms with E-state index >= 15 is 0 Å². The molecule has 0 aromatic rings. The summed E-state index contributed by atoms with van der Waals surface area (Å²) in [6.45, 7) is 3.74. The molecule has 0 aliphatic carbocycles. The van der Waals surface area contributed by atoms with Crippen LogP contribution in [0.5, 0.6) is 0 Å². The molecule has 5 atom stereocenters. The van der Waals surface area contributed by atoms with Crippen LogP contribution in [-0.4, -0.2) is 50.9 Å². The van der Waals surface area contributed by atoms with Crippen molar-refractivity contribution < 1.29 is 33.3 Å². The first-order valence-corrected chi connectivity index (χ1v) is 8.63. The Morgan fingerprint density at radius 3 is 1.95 bits per heavy atom. The second-order valence-corrected chi connectivity index (χ2v) is 7.09. The molecule has 7 nitrogen and oxygen atoms in total. The van der Waals surface area contributed by atoms with E-state index in [4.69, 9.17) is 18.9 Å². The summed E-state index contributed by atoms with van der Waals surface area (Å²) in [6, 6.07) is 0. The lowest BCUT2D eigenvalue weighted by Gasteiger charge is -2.41. The van der Waals surface area contributed by atoms with Crippen LogP contribution in [0.15, 0.2) is 0 Å². The summed E-state index contributed by atoms with van der Waals surface area (Å²) in [4.78, 5) is 33.5. The van der Waals surface area contributed by atoms with Gasteiger partial charge in [-0.25, -0.2) is 0 Å². The molecule has 0 aromatic heterocycles. The lowest BCUT2D eigenvalue weighted by atomic mass is 10.0. The zero-order chi connectivity index (χ0) is 16.2. The van der Waals surface area contributed by atoms with Crippen LogP contribution in [0, 0.1) is 0 Å². The molecule has 21 heavy (non-hydrogen) atoms. The van der Waals surface area contributed by atoms with Gasteiger partial charge in [0.05, 0.1) is 3.92 Å². The van der Waals surface area contributed by atoms with Gasteiger partial charge in [-0.3, -0.25) is 14.4 Å². The predicted molar refractivity (Wildman–Crippen MR) is 88.2 cm³/mol. The maximum atomic E-state index is 11.3. The van der Waals surface area contributed by atoms with Crippen LogP contribution in [0.1, 0.15) is 20.8 Å². The Labute approximate surface area is 149 Å². The maximum Gasteiger partial charge on any atom is 0.303 e. The van der Waals surface area contributed by atoms with Gasteiger partial charge in [-0.2, -0.15) is 0 Å². The summed E-state index contributed by atoms with van der Waals surface area (Å²) in [5.74, 6) is -1.47. The van der Waals surface area contributed by atoms with Gasteiger partial charge >= 0.3 is 17.9 Å². The second-order valence-electron chi connectivity index (χ2n) is 4.42. The number of halogens is 2. The Morgan fingerprint density at radius 2 is 1.48 bits per heavy atom. The molecule has 1 saturated heterocycles. The Bertz CT molecular complexity index is 414. The van der Waals surface area contributed by atoms with Crippen molar-refractivity contribution in [3.8, 4) is 0 Å². The highest BCUT2D eigenvalue weighted by molar-refractivity contribution is 14.1. The number of ether oxygens (including phenoxy) is 4. The first kappa shape index (κ1) is 18.9. The SMILES string of the molecule is CC(=O)OCC1OC(I)C(I)C(OC(C)=O)C1OC(C)=O. The first-order valence-electron chi connectivity index (χ1n) is 6.13. The molecule has 0 amide bonds. The number of hydrogen-bond acceptors (Lipinski definition) is 7. The number of esters is 3. The minimum absolute atomic E-state index is 0.0755. The minimum atomic E-state index is -0.821. The van der Waals surface area contributed by atoms with E-state index in [2.05, 4.69) is 45.2 Å². The molecular weight excluding hydrogens is 510 g/mol. The minimum Gasteiger partial charge on any atom is -0.463 e. The number of carbonyl (C=O) groups excluding carboxylic acids is 3. The number of rotatable bonds is 4. The van der Waals surface area contributed by atoms with Crippen molar-refractivity contribution in [2.75, 3.05) is 6.61 Å². The van der Waals surface area contributed by atoms with E-state index in [9.17, 15) is 14.4 Å². The molecule has 1 heterocycles. The number of alkyl halides is 2. The molecular formula is C12H16I2O7. The first-order chi connectivity index (χ1) is 9.72. The average molecular weight is 526 g/mol. The van der Waals surface area contributed by atoms with Crippen molar-refractivity contribution in [1.29, 1.82) is 0 Å². The highest BCUT2D eigenvalue weighted by atomic mass is 127. The van der Waals surface area contributed by atoms with Crippen molar-refractivity contribution in [1.82, 2.24) is 0 Å². The fraction of sp³-hybridized carbons (Fsp3) is 0.750. The molecule has 5 unspecified atom stereocenters. The summed E-state index contributed by atoms with van der Waals surface area (Å²) in [5.41, 5.74) is 0. The van der Waals surface area contributed by atoms with E-state index < -0.39 is 36.2 Å². The van der Waals surface area contributed by atoms with Gasteiger partial charge in [0.15, 0.2) is 12.2 Å². The molecule has 120 valence electrons. The monoisotopic (exact) mass is 526 g/mol. The molecule has 0 radical (unpaired) electrons. The molecule has 0 spiro atoms. The van der Waals surface area contributed by atoms with Crippen LogP contribution < -0.4 is 0 Å². The van der Waals surface area contributed by atoms with Gasteiger partial charge < -0.3 is 18.9 Å². The van der Waals surface area contributed by atoms with Gasteiger partial charge in [0.2, 0.25) is 0 Å². The van der Waals surface area contributed by atoms with Crippen LogP contribution in [0.2, 0.25) is 0 Å². The van der Waals surface area contributed by atoms with E-state index in [1.165, 1.54) is 20.8 Å². The standard InChI is InChI=1S/C12H16I2O7/c1-5(15)18-4-8-10(19-6(2)16)11(20-7(3)17)9(13)12(14)21-8/h8-12H,4H2,1-3H3. The van der Waals surface area contributed by atoms with Crippen molar-refractivity contribution >= 4 is 63.1 Å². The highest BCUT2D eigenvalue weighted by Crippen LogP contribution is 2.34. The molecule has 1 fully saturated rings. The summed E-state index contributed by atoms with van der Waals surface area (Å²) in [5, 5.41) is 0. The Balaban J connectivity index is 2.94. The van der Waals surface area contributed by atoms with Gasteiger partial charge in [0.25, 0.3) is 0 Å². The van der Waals surface area contributed by atoms with Crippen molar-refractivity contribution in [3.63, 3.8) is 0 Å². The van der Waals surface area contributed by atoms with Crippen LogP contribution in [0.3, 0.4) is 0 Å². The third kappa shape index (κ3) is 5.85. The molecule has 9 heteroatoms. The second kappa shape index (κ2) is 8.46.